The Hall–Kier alpha value is -2.32. The van der Waals surface area contributed by atoms with Crippen molar-refractivity contribution in [3.63, 3.8) is 0 Å². The number of benzene rings is 1. The molecule has 4 aliphatic rings. The van der Waals surface area contributed by atoms with Crippen molar-refractivity contribution in [2.75, 3.05) is 0 Å². The first-order valence-electron chi connectivity index (χ1n) is 15.6. The van der Waals surface area contributed by atoms with Gasteiger partial charge in [-0.2, -0.15) is 0 Å². The van der Waals surface area contributed by atoms with Crippen LogP contribution in [0.1, 0.15) is 108 Å². The maximum atomic E-state index is 12.7. The summed E-state index contributed by atoms with van der Waals surface area (Å²) in [5.74, 6) is 1.90. The summed E-state index contributed by atoms with van der Waals surface area (Å²) in [5, 5.41) is 33.3. The average molecular weight is 570 g/mol. The van der Waals surface area contributed by atoms with E-state index in [0.717, 1.165) is 51.4 Å². The Morgan fingerprint density at radius 2 is 1.78 bits per heavy atom. The molecule has 226 valence electrons. The molecule has 4 aliphatic carbocycles. The molecule has 5 unspecified atom stereocenters. The number of nitro groups is 1. The molecule has 8 nitrogen and oxygen atoms in total. The SMILES string of the molecule is CC(=O)c1ccc(COC(=O)CC[C@H](C)C2CCC3C4C(O)C[C@@H]5C[C@H](O)CC[C@]5(C)C4CC[C@@]32C)c([N+](=O)[O-])c1. The van der Waals surface area contributed by atoms with Crippen LogP contribution in [0.2, 0.25) is 0 Å². The van der Waals surface area contributed by atoms with Crippen molar-refractivity contribution in [2.24, 2.45) is 46.3 Å². The second kappa shape index (κ2) is 11.4. The number of ketones is 1. The van der Waals surface area contributed by atoms with E-state index in [0.29, 0.717) is 41.9 Å². The van der Waals surface area contributed by atoms with Gasteiger partial charge in [0, 0.05) is 18.1 Å². The molecule has 0 spiro atoms. The Morgan fingerprint density at radius 3 is 2.49 bits per heavy atom. The van der Waals surface area contributed by atoms with E-state index in [1.807, 2.05) is 0 Å². The standard InChI is InChI=1S/C33H47NO7/c1-19(5-10-30(38)41-18-22-7-6-21(20(2)35)15-28(22)34(39)40)25-8-9-26-31-27(12-14-33(25,26)4)32(3)13-11-24(36)16-23(32)17-29(31)37/h6-7,15,19,23-27,29,31,36-37H,5,8-14,16-18H2,1-4H3/t19-,23-,24+,25?,26?,27?,29?,31?,32-,33+/m0/s1. The minimum atomic E-state index is -0.551. The van der Waals surface area contributed by atoms with Crippen molar-refractivity contribution in [3.8, 4) is 0 Å². The minimum absolute atomic E-state index is 0.141. The quantitative estimate of drug-likeness (QED) is 0.164. The zero-order chi connectivity index (χ0) is 29.7. The Morgan fingerprint density at radius 1 is 1.07 bits per heavy atom. The van der Waals surface area contributed by atoms with Crippen molar-refractivity contribution >= 4 is 17.4 Å². The van der Waals surface area contributed by atoms with Gasteiger partial charge < -0.3 is 14.9 Å². The van der Waals surface area contributed by atoms with Crippen molar-refractivity contribution in [3.05, 3.63) is 39.4 Å². The maximum absolute atomic E-state index is 12.7. The molecular weight excluding hydrogens is 522 g/mol. The van der Waals surface area contributed by atoms with Gasteiger partial charge in [0.1, 0.15) is 6.61 Å². The lowest BCUT2D eigenvalue weighted by atomic mass is 9.43. The third kappa shape index (κ3) is 5.47. The maximum Gasteiger partial charge on any atom is 0.306 e. The van der Waals surface area contributed by atoms with E-state index in [-0.39, 0.29) is 64.6 Å². The Labute approximate surface area is 243 Å². The Balaban J connectivity index is 1.19. The number of carbonyl (C=O) groups excluding carboxylic acids is 2. The van der Waals surface area contributed by atoms with Crippen LogP contribution in [-0.2, 0) is 16.1 Å². The summed E-state index contributed by atoms with van der Waals surface area (Å²) in [6.07, 6.45) is 8.51. The molecule has 2 N–H and O–H groups in total. The fourth-order valence-electron chi connectivity index (χ4n) is 10.0. The second-order valence-electron chi connectivity index (χ2n) is 14.3. The lowest BCUT2D eigenvalue weighted by Crippen LogP contribution is -2.58. The van der Waals surface area contributed by atoms with Crippen LogP contribution in [0, 0.1) is 56.5 Å². The van der Waals surface area contributed by atoms with Crippen LogP contribution in [0.15, 0.2) is 18.2 Å². The molecule has 8 heteroatoms. The first-order valence-corrected chi connectivity index (χ1v) is 15.6. The topological polar surface area (TPSA) is 127 Å². The fourth-order valence-corrected chi connectivity index (χ4v) is 10.0. The van der Waals surface area contributed by atoms with Crippen LogP contribution in [-0.4, -0.2) is 39.1 Å². The number of nitrogens with zero attached hydrogens (tertiary/aromatic N) is 1. The molecule has 4 fully saturated rings. The number of esters is 1. The molecule has 1 aromatic carbocycles. The lowest BCUT2D eigenvalue weighted by Gasteiger charge is -2.62. The number of fused-ring (bicyclic) bond motifs is 5. The lowest BCUT2D eigenvalue weighted by molar-refractivity contribution is -0.385. The van der Waals surface area contributed by atoms with Gasteiger partial charge in [0.2, 0.25) is 0 Å². The molecule has 0 aromatic heterocycles. The molecule has 1 aromatic rings. The van der Waals surface area contributed by atoms with Gasteiger partial charge in [0.25, 0.3) is 5.69 Å². The van der Waals surface area contributed by atoms with Gasteiger partial charge in [-0.3, -0.25) is 19.7 Å². The van der Waals surface area contributed by atoms with Crippen LogP contribution in [0.5, 0.6) is 0 Å². The largest absolute Gasteiger partial charge is 0.461 e. The summed E-state index contributed by atoms with van der Waals surface area (Å²) >= 11 is 0. The molecule has 0 aliphatic heterocycles. The molecule has 0 heterocycles. The molecule has 0 bridgehead atoms. The van der Waals surface area contributed by atoms with Gasteiger partial charge in [-0.15, -0.1) is 0 Å². The van der Waals surface area contributed by atoms with E-state index in [1.165, 1.54) is 25.1 Å². The molecule has 10 atom stereocenters. The summed E-state index contributed by atoms with van der Waals surface area (Å²) in [4.78, 5) is 35.2. The van der Waals surface area contributed by atoms with Gasteiger partial charge in [0.05, 0.1) is 22.7 Å². The highest BCUT2D eigenvalue weighted by atomic mass is 16.6. The summed E-state index contributed by atoms with van der Waals surface area (Å²) < 4.78 is 5.44. The van der Waals surface area contributed by atoms with Gasteiger partial charge in [-0.25, -0.2) is 0 Å². The van der Waals surface area contributed by atoms with E-state index in [9.17, 15) is 29.9 Å². The number of nitro benzene ring substituents is 1. The number of rotatable bonds is 8. The highest BCUT2D eigenvalue weighted by molar-refractivity contribution is 5.94. The number of Topliss-reactive ketones (excluding diaryl/α,β-unsaturated/α-hetero) is 1. The van der Waals surface area contributed by atoms with Crippen LogP contribution in [0.3, 0.4) is 0 Å². The highest BCUT2D eigenvalue weighted by Gasteiger charge is 2.62. The van der Waals surface area contributed by atoms with E-state index < -0.39 is 4.92 Å². The Bertz CT molecular complexity index is 1180. The zero-order valence-electron chi connectivity index (χ0n) is 25.0. The Kier molecular flexibility index (Phi) is 8.38. The summed E-state index contributed by atoms with van der Waals surface area (Å²) in [6, 6.07) is 4.24. The molecule has 4 saturated carbocycles. The summed E-state index contributed by atoms with van der Waals surface area (Å²) in [7, 11) is 0. The number of carbonyl (C=O) groups is 2. The molecule has 0 amide bonds. The van der Waals surface area contributed by atoms with Crippen LogP contribution >= 0.6 is 0 Å². The van der Waals surface area contributed by atoms with Gasteiger partial charge in [-0.1, -0.05) is 26.8 Å². The minimum Gasteiger partial charge on any atom is -0.461 e. The van der Waals surface area contributed by atoms with E-state index in [1.54, 1.807) is 0 Å². The van der Waals surface area contributed by atoms with Gasteiger partial charge in [0.15, 0.2) is 5.78 Å². The van der Waals surface area contributed by atoms with Crippen molar-refractivity contribution in [1.82, 2.24) is 0 Å². The number of aliphatic hydroxyl groups is 2. The average Bonchev–Trinajstić information content (AvgIpc) is 3.28. The van der Waals surface area contributed by atoms with Crippen LogP contribution in [0.25, 0.3) is 0 Å². The molecule has 5 rings (SSSR count). The number of hydrogen-bond acceptors (Lipinski definition) is 7. The first-order chi connectivity index (χ1) is 19.3. The van der Waals surface area contributed by atoms with E-state index in [4.69, 9.17) is 4.74 Å². The van der Waals surface area contributed by atoms with Gasteiger partial charge >= 0.3 is 5.97 Å². The molecule has 41 heavy (non-hydrogen) atoms. The molecule has 0 radical (unpaired) electrons. The van der Waals surface area contributed by atoms with Crippen molar-refractivity contribution < 1.29 is 29.5 Å². The highest BCUT2D eigenvalue weighted by Crippen LogP contribution is 2.68. The van der Waals surface area contributed by atoms with E-state index in [2.05, 4.69) is 20.8 Å². The first kappa shape index (κ1) is 30.1. The van der Waals surface area contributed by atoms with Gasteiger partial charge in [-0.05, 0) is 117 Å². The molecule has 0 saturated heterocycles. The fraction of sp³-hybridized carbons (Fsp3) is 0.758. The third-order valence-electron chi connectivity index (χ3n) is 12.3. The van der Waals surface area contributed by atoms with Crippen LogP contribution in [0.4, 0.5) is 5.69 Å². The van der Waals surface area contributed by atoms with Crippen LogP contribution < -0.4 is 0 Å². The third-order valence-corrected chi connectivity index (χ3v) is 12.3. The summed E-state index contributed by atoms with van der Waals surface area (Å²) in [5.41, 5.74) is 0.666. The second-order valence-corrected chi connectivity index (χ2v) is 14.3. The predicted molar refractivity (Wildman–Crippen MR) is 154 cm³/mol. The monoisotopic (exact) mass is 569 g/mol. The predicted octanol–water partition coefficient (Wildman–Crippen LogP) is 6.25. The van der Waals surface area contributed by atoms with Crippen molar-refractivity contribution in [1.29, 1.82) is 0 Å². The van der Waals surface area contributed by atoms with E-state index >= 15 is 0 Å². The number of aliphatic hydroxyl groups excluding tert-OH is 2. The number of hydrogen-bond donors (Lipinski definition) is 2. The summed E-state index contributed by atoms with van der Waals surface area (Å²) in [6.45, 7) is 8.26. The smallest absolute Gasteiger partial charge is 0.306 e. The normalized spacial score (nSPS) is 38.7. The molecular formula is C33H47NO7. The number of ether oxygens (including phenoxy) is 1. The van der Waals surface area contributed by atoms with Crippen molar-refractivity contribution in [2.45, 2.75) is 111 Å². The zero-order valence-corrected chi connectivity index (χ0v) is 25.0.